The molecule has 0 spiro atoms. The molecule has 6 unspecified atom stereocenters. The molecular weight excluding hydrogens is 198 g/mol. The molecule has 1 nitrogen and oxygen atoms in total. The molecule has 0 radical (unpaired) electrons. The van der Waals surface area contributed by atoms with Crippen LogP contribution in [0.15, 0.2) is 0 Å². The first-order valence-corrected chi connectivity index (χ1v) is 6.95. The largest absolute Gasteiger partial charge is 0.207 e. The van der Waals surface area contributed by atoms with Crippen LogP contribution in [0.4, 0.5) is 0 Å². The summed E-state index contributed by atoms with van der Waals surface area (Å²) in [6.45, 7) is 9.69. The van der Waals surface area contributed by atoms with Gasteiger partial charge in [-0.1, -0.05) is 51.6 Å². The Morgan fingerprint density at radius 3 is 1.46 bits per heavy atom. The number of rotatable bonds is 0. The lowest BCUT2D eigenvalue weighted by Crippen LogP contribution is -2.44. The Bertz CT molecular complexity index is 177. The Labute approximate surface area is 90.1 Å². The molecule has 2 rings (SSSR count). The minimum Gasteiger partial charge on any atom is -0.207 e. The van der Waals surface area contributed by atoms with Gasteiger partial charge in [0.05, 0.1) is 0 Å². The van der Waals surface area contributed by atoms with Crippen molar-refractivity contribution in [3.63, 3.8) is 0 Å². The highest BCUT2D eigenvalue weighted by molar-refractivity contribution is 8.16. The predicted molar refractivity (Wildman–Crippen MR) is 62.5 cm³/mol. The molecule has 1 heterocycles. The second kappa shape index (κ2) is 3.67. The van der Waals surface area contributed by atoms with Crippen molar-refractivity contribution in [2.75, 3.05) is 0 Å². The predicted octanol–water partition coefficient (Wildman–Crippen LogP) is 3.18. The average Bonchev–Trinajstić information content (AvgIpc) is 2.59. The molecule has 13 heavy (non-hydrogen) atoms. The number of hydrogen-bond acceptors (Lipinski definition) is 3. The first-order chi connectivity index (χ1) is 6.13. The summed E-state index contributed by atoms with van der Waals surface area (Å²) >= 11 is 3.91. The Hall–Kier alpha value is 0.660. The highest BCUT2D eigenvalue weighted by Gasteiger charge is 2.46. The van der Waals surface area contributed by atoms with E-state index in [0.717, 1.165) is 34.2 Å². The molecule has 76 valence electrons. The second-order valence-electron chi connectivity index (χ2n) is 4.68. The summed E-state index contributed by atoms with van der Waals surface area (Å²) in [5, 5.41) is 1.68. The number of fused-ring (bicyclic) bond motifs is 1. The zero-order valence-electron chi connectivity index (χ0n) is 8.78. The molecule has 0 amide bonds. The summed E-state index contributed by atoms with van der Waals surface area (Å²) in [7, 11) is 0. The molecule has 2 aliphatic rings. The van der Waals surface area contributed by atoms with Crippen LogP contribution in [0, 0.1) is 23.7 Å². The van der Waals surface area contributed by atoms with Crippen LogP contribution in [-0.2, 0) is 0 Å². The van der Waals surface area contributed by atoms with E-state index in [1.807, 2.05) is 23.9 Å². The van der Waals surface area contributed by atoms with Gasteiger partial charge in [0, 0.05) is 10.5 Å². The summed E-state index contributed by atoms with van der Waals surface area (Å²) in [4.78, 5) is 0. The van der Waals surface area contributed by atoms with E-state index in [4.69, 9.17) is 0 Å². The van der Waals surface area contributed by atoms with Crippen LogP contribution in [0.3, 0.4) is 0 Å². The van der Waals surface area contributed by atoms with E-state index >= 15 is 0 Å². The lowest BCUT2D eigenvalue weighted by atomic mass is 9.69. The van der Waals surface area contributed by atoms with Gasteiger partial charge < -0.3 is 0 Å². The molecule has 0 bridgehead atoms. The lowest BCUT2D eigenvalue weighted by Gasteiger charge is -2.43. The van der Waals surface area contributed by atoms with E-state index in [-0.39, 0.29) is 0 Å². The molecule has 0 aromatic heterocycles. The van der Waals surface area contributed by atoms with Crippen LogP contribution < -0.4 is 4.13 Å². The van der Waals surface area contributed by atoms with Gasteiger partial charge in [-0.25, -0.2) is 4.13 Å². The fourth-order valence-corrected chi connectivity index (χ4v) is 5.78. The summed E-state index contributed by atoms with van der Waals surface area (Å²) < 4.78 is 3.40. The normalized spacial score (nSPS) is 56.3. The van der Waals surface area contributed by atoms with Gasteiger partial charge in [-0.3, -0.25) is 0 Å². The van der Waals surface area contributed by atoms with Crippen molar-refractivity contribution in [1.82, 2.24) is 4.13 Å². The average molecular weight is 217 g/mol. The molecular formula is C10H19NS2. The van der Waals surface area contributed by atoms with Crippen LogP contribution >= 0.6 is 23.9 Å². The number of nitrogens with one attached hydrogen (secondary N) is 1. The molecule has 1 aliphatic carbocycles. The van der Waals surface area contributed by atoms with Gasteiger partial charge in [-0.2, -0.15) is 0 Å². The van der Waals surface area contributed by atoms with Gasteiger partial charge in [0.15, 0.2) is 0 Å². The van der Waals surface area contributed by atoms with Gasteiger partial charge in [0.25, 0.3) is 0 Å². The number of hydrogen-bond donors (Lipinski definition) is 1. The molecule has 1 saturated heterocycles. The van der Waals surface area contributed by atoms with E-state index < -0.39 is 0 Å². The topological polar surface area (TPSA) is 12.0 Å². The van der Waals surface area contributed by atoms with Crippen molar-refractivity contribution in [3.8, 4) is 0 Å². The van der Waals surface area contributed by atoms with Crippen molar-refractivity contribution in [1.29, 1.82) is 0 Å². The minimum atomic E-state index is 0.839. The van der Waals surface area contributed by atoms with E-state index in [1.165, 1.54) is 0 Å². The Morgan fingerprint density at radius 2 is 1.08 bits per heavy atom. The maximum atomic E-state index is 3.40. The van der Waals surface area contributed by atoms with E-state index in [9.17, 15) is 0 Å². The SMILES string of the molecule is CC1C(C)C(C)C2SNSC2C1C. The summed E-state index contributed by atoms with van der Waals surface area (Å²) in [6, 6.07) is 0. The first-order valence-electron chi connectivity index (χ1n) is 5.19. The molecule has 0 aromatic rings. The zero-order chi connectivity index (χ0) is 9.59. The van der Waals surface area contributed by atoms with Crippen molar-refractivity contribution in [3.05, 3.63) is 0 Å². The van der Waals surface area contributed by atoms with Crippen molar-refractivity contribution in [2.24, 2.45) is 23.7 Å². The van der Waals surface area contributed by atoms with Crippen LogP contribution in [0.5, 0.6) is 0 Å². The summed E-state index contributed by atoms with van der Waals surface area (Å²) in [5.74, 6) is 3.49. The maximum absolute atomic E-state index is 3.40. The third-order valence-corrected chi connectivity index (χ3v) is 7.15. The maximum Gasteiger partial charge on any atom is 0.0363 e. The molecule has 1 N–H and O–H groups in total. The van der Waals surface area contributed by atoms with Crippen LogP contribution in [0.25, 0.3) is 0 Å². The van der Waals surface area contributed by atoms with Crippen molar-refractivity contribution >= 4 is 23.9 Å². The lowest BCUT2D eigenvalue weighted by molar-refractivity contribution is 0.152. The van der Waals surface area contributed by atoms with Gasteiger partial charge in [0.2, 0.25) is 0 Å². The molecule has 1 saturated carbocycles. The van der Waals surface area contributed by atoms with E-state index in [1.54, 1.807) is 0 Å². The standard InChI is InChI=1S/C10H19NS2/c1-5-6(2)8(4)10-9(7(5)3)12-11-13-10/h5-11H,1-4H3. The van der Waals surface area contributed by atoms with Crippen LogP contribution in [0.1, 0.15) is 27.7 Å². The van der Waals surface area contributed by atoms with Crippen molar-refractivity contribution < 1.29 is 0 Å². The molecule has 3 heteroatoms. The second-order valence-corrected chi connectivity index (χ2v) is 6.91. The van der Waals surface area contributed by atoms with Crippen LogP contribution in [-0.4, -0.2) is 10.5 Å². The van der Waals surface area contributed by atoms with Gasteiger partial charge in [0.1, 0.15) is 0 Å². The first kappa shape index (κ1) is 10.2. The smallest absolute Gasteiger partial charge is 0.0363 e. The van der Waals surface area contributed by atoms with Crippen LogP contribution in [0.2, 0.25) is 0 Å². The Balaban J connectivity index is 2.19. The Morgan fingerprint density at radius 1 is 0.692 bits per heavy atom. The highest BCUT2D eigenvalue weighted by atomic mass is 32.2. The van der Waals surface area contributed by atoms with Gasteiger partial charge >= 0.3 is 0 Å². The van der Waals surface area contributed by atoms with E-state index in [0.29, 0.717) is 0 Å². The summed E-state index contributed by atoms with van der Waals surface area (Å²) in [5.41, 5.74) is 0. The zero-order valence-corrected chi connectivity index (χ0v) is 10.4. The third-order valence-electron chi connectivity index (χ3n) is 4.22. The molecule has 6 atom stereocenters. The fourth-order valence-electron chi connectivity index (χ4n) is 2.64. The monoisotopic (exact) mass is 217 g/mol. The van der Waals surface area contributed by atoms with Gasteiger partial charge in [-0.05, 0) is 23.7 Å². The molecule has 0 aromatic carbocycles. The highest BCUT2D eigenvalue weighted by Crippen LogP contribution is 2.50. The van der Waals surface area contributed by atoms with E-state index in [2.05, 4.69) is 31.8 Å². The fraction of sp³-hybridized carbons (Fsp3) is 1.00. The summed E-state index contributed by atoms with van der Waals surface area (Å²) in [6.07, 6.45) is 0. The van der Waals surface area contributed by atoms with Crippen molar-refractivity contribution in [2.45, 2.75) is 38.2 Å². The quantitative estimate of drug-likeness (QED) is 0.626. The minimum absolute atomic E-state index is 0.839. The van der Waals surface area contributed by atoms with Gasteiger partial charge in [-0.15, -0.1) is 0 Å². The Kier molecular flexibility index (Phi) is 2.87. The third kappa shape index (κ3) is 1.53. The molecule has 2 fully saturated rings. The molecule has 1 aliphatic heterocycles.